The first-order chi connectivity index (χ1) is 8.11. The number of Topliss-reactive ketones (excluding diaryl/α,β-unsaturated/α-hetero) is 1. The van der Waals surface area contributed by atoms with E-state index >= 15 is 0 Å². The third-order valence-electron chi connectivity index (χ3n) is 2.74. The fraction of sp³-hybridized carbons (Fsp3) is 0.333. The second kappa shape index (κ2) is 4.75. The Hall–Kier alpha value is -1.55. The third kappa shape index (κ3) is 2.42. The molecular weight excluding hydrogens is 240 g/mol. The van der Waals surface area contributed by atoms with Gasteiger partial charge in [0.1, 0.15) is 0 Å². The molecule has 2 rings (SSSR count). The number of urea groups is 1. The summed E-state index contributed by atoms with van der Waals surface area (Å²) in [5, 5.41) is 2.76. The van der Waals surface area contributed by atoms with Crippen LogP contribution >= 0.6 is 11.6 Å². The van der Waals surface area contributed by atoms with Gasteiger partial charge in [-0.2, -0.15) is 0 Å². The van der Waals surface area contributed by atoms with Gasteiger partial charge >= 0.3 is 6.03 Å². The van der Waals surface area contributed by atoms with E-state index in [9.17, 15) is 9.59 Å². The van der Waals surface area contributed by atoms with Crippen molar-refractivity contribution in [2.75, 3.05) is 18.2 Å². The molecule has 90 valence electrons. The maximum Gasteiger partial charge on any atom is 0.321 e. The quantitative estimate of drug-likeness (QED) is 0.664. The van der Waals surface area contributed by atoms with E-state index in [0.717, 1.165) is 11.3 Å². The van der Waals surface area contributed by atoms with E-state index in [1.807, 2.05) is 6.07 Å². The van der Waals surface area contributed by atoms with Crippen LogP contribution in [0.25, 0.3) is 0 Å². The zero-order chi connectivity index (χ0) is 12.4. The molecule has 1 heterocycles. The number of hydrogen-bond acceptors (Lipinski definition) is 2. The first-order valence-electron chi connectivity index (χ1n) is 5.36. The number of carbonyl (C=O) groups is 2. The minimum atomic E-state index is -0.127. The second-order valence-corrected chi connectivity index (χ2v) is 4.40. The normalized spacial score (nSPS) is 14.2. The van der Waals surface area contributed by atoms with Gasteiger partial charge in [-0.05, 0) is 23.8 Å². The standard InChI is InChI=1S/C12H13ClN2O2/c1-15-7-9-6-8(11(16)4-5-13)2-3-10(9)14-12(15)17/h2-3,6H,4-5,7H2,1H3,(H,14,17). The lowest BCUT2D eigenvalue weighted by molar-refractivity contribution is 0.0989. The predicted molar refractivity (Wildman–Crippen MR) is 66.6 cm³/mol. The second-order valence-electron chi connectivity index (χ2n) is 4.02. The van der Waals surface area contributed by atoms with Crippen LogP contribution in [-0.2, 0) is 6.54 Å². The van der Waals surface area contributed by atoms with Gasteiger partial charge in [0.2, 0.25) is 0 Å². The molecule has 4 nitrogen and oxygen atoms in total. The molecule has 1 aliphatic heterocycles. The minimum absolute atomic E-state index is 0.0300. The van der Waals surface area contributed by atoms with E-state index in [1.165, 1.54) is 0 Å². The zero-order valence-corrected chi connectivity index (χ0v) is 10.3. The van der Waals surface area contributed by atoms with Crippen molar-refractivity contribution in [3.05, 3.63) is 29.3 Å². The smallest absolute Gasteiger partial charge is 0.321 e. The van der Waals surface area contributed by atoms with Crippen molar-refractivity contribution in [2.45, 2.75) is 13.0 Å². The number of fused-ring (bicyclic) bond motifs is 1. The van der Waals surface area contributed by atoms with Gasteiger partial charge in [-0.1, -0.05) is 0 Å². The maximum absolute atomic E-state index is 11.7. The topological polar surface area (TPSA) is 49.4 Å². The Morgan fingerprint density at radius 1 is 1.53 bits per heavy atom. The van der Waals surface area contributed by atoms with Gasteiger partial charge in [0.15, 0.2) is 5.78 Å². The highest BCUT2D eigenvalue weighted by atomic mass is 35.5. The summed E-state index contributed by atoms with van der Waals surface area (Å²) in [6, 6.07) is 5.18. The molecule has 2 amide bonds. The average molecular weight is 253 g/mol. The molecule has 0 unspecified atom stereocenters. The monoisotopic (exact) mass is 252 g/mol. The Bertz CT molecular complexity index is 474. The molecule has 0 aliphatic carbocycles. The van der Waals surface area contributed by atoms with Gasteiger partial charge in [-0.25, -0.2) is 4.79 Å². The molecular formula is C12H13ClN2O2. The lowest BCUT2D eigenvalue weighted by Crippen LogP contribution is -2.35. The molecule has 1 N–H and O–H groups in total. The Kier molecular flexibility index (Phi) is 3.33. The number of nitrogens with zero attached hydrogens (tertiary/aromatic N) is 1. The van der Waals surface area contributed by atoms with Crippen LogP contribution in [0.15, 0.2) is 18.2 Å². The van der Waals surface area contributed by atoms with Crippen molar-refractivity contribution in [2.24, 2.45) is 0 Å². The molecule has 0 atom stereocenters. The van der Waals surface area contributed by atoms with Crippen molar-refractivity contribution in [1.82, 2.24) is 4.90 Å². The molecule has 1 aromatic carbocycles. The summed E-state index contributed by atoms with van der Waals surface area (Å²) in [6.07, 6.45) is 0.336. The largest absolute Gasteiger partial charge is 0.323 e. The van der Waals surface area contributed by atoms with Crippen LogP contribution in [0.4, 0.5) is 10.5 Å². The lowest BCUT2D eigenvalue weighted by atomic mass is 10.0. The number of hydrogen-bond donors (Lipinski definition) is 1. The summed E-state index contributed by atoms with van der Waals surface area (Å²) in [5.74, 6) is 0.356. The molecule has 0 spiro atoms. The van der Waals surface area contributed by atoms with Gasteiger partial charge in [0, 0.05) is 37.1 Å². The van der Waals surface area contributed by atoms with Gasteiger partial charge in [0.05, 0.1) is 0 Å². The van der Waals surface area contributed by atoms with E-state index in [0.29, 0.717) is 24.4 Å². The zero-order valence-electron chi connectivity index (χ0n) is 9.50. The van der Waals surface area contributed by atoms with Crippen LogP contribution in [0.3, 0.4) is 0 Å². The van der Waals surface area contributed by atoms with E-state index in [1.54, 1.807) is 24.1 Å². The lowest BCUT2D eigenvalue weighted by Gasteiger charge is -2.26. The molecule has 0 saturated heterocycles. The Morgan fingerprint density at radius 2 is 2.29 bits per heavy atom. The summed E-state index contributed by atoms with van der Waals surface area (Å²) in [7, 11) is 1.71. The fourth-order valence-corrected chi connectivity index (χ4v) is 1.96. The number of alkyl halides is 1. The van der Waals surface area contributed by atoms with E-state index < -0.39 is 0 Å². The first-order valence-corrected chi connectivity index (χ1v) is 5.89. The number of benzene rings is 1. The number of rotatable bonds is 3. The van der Waals surface area contributed by atoms with Crippen LogP contribution in [0, 0.1) is 0 Å². The highest BCUT2D eigenvalue weighted by Crippen LogP contribution is 2.24. The van der Waals surface area contributed by atoms with E-state index in [4.69, 9.17) is 11.6 Å². The van der Waals surface area contributed by atoms with Crippen LogP contribution in [0.1, 0.15) is 22.3 Å². The molecule has 1 aliphatic rings. The Morgan fingerprint density at radius 3 is 3.00 bits per heavy atom. The SMILES string of the molecule is CN1Cc2cc(C(=O)CCCl)ccc2NC1=O. The first kappa shape index (κ1) is 11.9. The molecule has 0 aromatic heterocycles. The number of nitrogens with one attached hydrogen (secondary N) is 1. The van der Waals surface area contributed by atoms with Crippen LogP contribution in [-0.4, -0.2) is 29.6 Å². The molecule has 5 heteroatoms. The van der Waals surface area contributed by atoms with Crippen LogP contribution < -0.4 is 5.32 Å². The van der Waals surface area contributed by atoms with Gasteiger partial charge in [-0.15, -0.1) is 11.6 Å². The minimum Gasteiger partial charge on any atom is -0.323 e. The Balaban J connectivity index is 2.28. The summed E-state index contributed by atoms with van der Waals surface area (Å²) >= 11 is 5.55. The molecule has 0 radical (unpaired) electrons. The predicted octanol–water partition coefficient (Wildman–Crippen LogP) is 2.48. The molecule has 17 heavy (non-hydrogen) atoms. The fourth-order valence-electron chi connectivity index (χ4n) is 1.79. The molecule has 0 bridgehead atoms. The summed E-state index contributed by atoms with van der Waals surface area (Å²) in [6.45, 7) is 0.517. The average Bonchev–Trinajstić information content (AvgIpc) is 2.30. The van der Waals surface area contributed by atoms with Crippen molar-refractivity contribution < 1.29 is 9.59 Å². The van der Waals surface area contributed by atoms with Crippen LogP contribution in [0.5, 0.6) is 0 Å². The van der Waals surface area contributed by atoms with E-state index in [-0.39, 0.29) is 11.8 Å². The van der Waals surface area contributed by atoms with Gasteiger partial charge in [0.25, 0.3) is 0 Å². The third-order valence-corrected chi connectivity index (χ3v) is 2.93. The maximum atomic E-state index is 11.7. The van der Waals surface area contributed by atoms with Gasteiger partial charge in [-0.3, -0.25) is 4.79 Å². The Labute approximate surface area is 105 Å². The summed E-state index contributed by atoms with van der Waals surface area (Å²) in [5.41, 5.74) is 2.37. The van der Waals surface area contributed by atoms with Crippen LogP contribution in [0.2, 0.25) is 0 Å². The molecule has 0 fully saturated rings. The number of ketones is 1. The van der Waals surface area contributed by atoms with Crippen molar-refractivity contribution in [3.8, 4) is 0 Å². The number of anilines is 1. The van der Waals surface area contributed by atoms with Crippen molar-refractivity contribution >= 4 is 29.1 Å². The highest BCUT2D eigenvalue weighted by Gasteiger charge is 2.20. The van der Waals surface area contributed by atoms with Crippen molar-refractivity contribution in [3.63, 3.8) is 0 Å². The highest BCUT2D eigenvalue weighted by molar-refractivity contribution is 6.19. The number of amides is 2. The number of halogens is 1. The van der Waals surface area contributed by atoms with Crippen molar-refractivity contribution in [1.29, 1.82) is 0 Å². The molecule has 0 saturated carbocycles. The van der Waals surface area contributed by atoms with Gasteiger partial charge < -0.3 is 10.2 Å². The summed E-state index contributed by atoms with van der Waals surface area (Å²) in [4.78, 5) is 24.7. The number of carbonyl (C=O) groups excluding carboxylic acids is 2. The summed E-state index contributed by atoms with van der Waals surface area (Å²) < 4.78 is 0. The molecule has 1 aromatic rings. The van der Waals surface area contributed by atoms with E-state index in [2.05, 4.69) is 5.32 Å².